The van der Waals surface area contributed by atoms with Crippen molar-refractivity contribution in [3.63, 3.8) is 0 Å². The molecule has 1 saturated heterocycles. The van der Waals surface area contributed by atoms with Gasteiger partial charge in [0, 0.05) is 58.9 Å². The summed E-state index contributed by atoms with van der Waals surface area (Å²) in [4.78, 5) is 53.7. The number of hydrogen-bond acceptors (Lipinski definition) is 8. The first-order valence-electron chi connectivity index (χ1n) is 12.0. The second-order valence-corrected chi connectivity index (χ2v) is 9.05. The fourth-order valence-electron chi connectivity index (χ4n) is 3.95. The van der Waals surface area contributed by atoms with Crippen molar-refractivity contribution in [3.05, 3.63) is 35.4 Å². The van der Waals surface area contributed by atoms with Crippen molar-refractivity contribution in [2.75, 3.05) is 78.5 Å². The molecule has 0 aromatic heterocycles. The van der Waals surface area contributed by atoms with Gasteiger partial charge in [0.1, 0.15) is 0 Å². The third-order valence-electron chi connectivity index (χ3n) is 5.98. The maximum absolute atomic E-state index is 12.7. The topological polar surface area (TPSA) is 154 Å². The average Bonchev–Trinajstić information content (AvgIpc) is 2.79. The van der Waals surface area contributed by atoms with Gasteiger partial charge < -0.3 is 20.6 Å². The number of carbonyl (C=O) groups is 4. The standard InChI is InChI=1S/C24H37N5O7/c1-19-2-4-20(5-3-19)14-25-21(30)15-26-6-8-27(16-22(31)32)10-12-29(18-24(35)36)13-11-28(9-7-26)17-23(33)34/h2-5H,6-18H2,1H3,(H,25,30)(H,31,32)(H,33,34)(H,35,36). The number of benzene rings is 1. The average molecular weight is 508 g/mol. The Kier molecular flexibility index (Phi) is 12.3. The smallest absolute Gasteiger partial charge is 0.317 e. The molecule has 0 spiro atoms. The summed E-state index contributed by atoms with van der Waals surface area (Å²) in [6.07, 6.45) is 0. The lowest BCUT2D eigenvalue weighted by Gasteiger charge is -2.32. The van der Waals surface area contributed by atoms with Crippen LogP contribution < -0.4 is 5.32 Å². The Morgan fingerprint density at radius 1 is 0.639 bits per heavy atom. The molecule has 1 amide bonds. The maximum atomic E-state index is 12.7. The lowest BCUT2D eigenvalue weighted by atomic mass is 10.1. The first-order valence-corrected chi connectivity index (χ1v) is 12.0. The van der Waals surface area contributed by atoms with Gasteiger partial charge in [-0.25, -0.2) is 0 Å². The van der Waals surface area contributed by atoms with Crippen molar-refractivity contribution in [2.24, 2.45) is 0 Å². The fourth-order valence-corrected chi connectivity index (χ4v) is 3.95. The molecule has 0 aliphatic carbocycles. The van der Waals surface area contributed by atoms with Crippen LogP contribution in [0.4, 0.5) is 0 Å². The second kappa shape index (κ2) is 15.1. The third-order valence-corrected chi connectivity index (χ3v) is 5.98. The molecule has 0 bridgehead atoms. The predicted molar refractivity (Wildman–Crippen MR) is 132 cm³/mol. The van der Waals surface area contributed by atoms with E-state index in [1.165, 1.54) is 0 Å². The Bertz CT molecular complexity index is 848. The van der Waals surface area contributed by atoms with E-state index in [0.29, 0.717) is 58.9 Å². The van der Waals surface area contributed by atoms with Gasteiger partial charge in [-0.15, -0.1) is 0 Å². The number of hydrogen-bond donors (Lipinski definition) is 4. The molecule has 0 unspecified atom stereocenters. The summed E-state index contributed by atoms with van der Waals surface area (Å²) in [5.41, 5.74) is 2.11. The molecule has 200 valence electrons. The van der Waals surface area contributed by atoms with Crippen LogP contribution in [0.2, 0.25) is 0 Å². The van der Waals surface area contributed by atoms with E-state index < -0.39 is 17.9 Å². The minimum absolute atomic E-state index is 0.0961. The van der Waals surface area contributed by atoms with Crippen LogP contribution in [-0.4, -0.2) is 137 Å². The summed E-state index contributed by atoms with van der Waals surface area (Å²) in [5.74, 6) is -3.15. The highest BCUT2D eigenvalue weighted by Crippen LogP contribution is 2.04. The molecule has 36 heavy (non-hydrogen) atoms. The highest BCUT2D eigenvalue weighted by atomic mass is 16.4. The van der Waals surface area contributed by atoms with Gasteiger partial charge >= 0.3 is 17.9 Å². The van der Waals surface area contributed by atoms with Gasteiger partial charge in [0.25, 0.3) is 0 Å². The fraction of sp³-hybridized carbons (Fsp3) is 0.583. The molecule has 1 heterocycles. The molecule has 12 heteroatoms. The molecule has 0 atom stereocenters. The van der Waals surface area contributed by atoms with Crippen LogP contribution in [0.3, 0.4) is 0 Å². The molecule has 2 rings (SSSR count). The van der Waals surface area contributed by atoms with Gasteiger partial charge in [-0.05, 0) is 12.5 Å². The molecule has 0 saturated carbocycles. The Morgan fingerprint density at radius 3 is 1.31 bits per heavy atom. The van der Waals surface area contributed by atoms with Gasteiger partial charge in [0.05, 0.1) is 26.2 Å². The summed E-state index contributed by atoms with van der Waals surface area (Å²) in [5, 5.41) is 30.7. The van der Waals surface area contributed by atoms with Gasteiger partial charge in [-0.2, -0.15) is 0 Å². The van der Waals surface area contributed by atoms with Crippen molar-refractivity contribution in [1.29, 1.82) is 0 Å². The summed E-state index contributed by atoms with van der Waals surface area (Å²) in [6, 6.07) is 7.85. The van der Waals surface area contributed by atoms with Crippen LogP contribution >= 0.6 is 0 Å². The van der Waals surface area contributed by atoms with Gasteiger partial charge in [0.2, 0.25) is 5.91 Å². The van der Waals surface area contributed by atoms with E-state index in [2.05, 4.69) is 5.32 Å². The second-order valence-electron chi connectivity index (χ2n) is 9.05. The minimum atomic E-state index is -1.00. The first-order chi connectivity index (χ1) is 17.1. The quantitative estimate of drug-likeness (QED) is 0.311. The number of carboxylic acid groups (broad SMARTS) is 3. The van der Waals surface area contributed by atoms with Crippen molar-refractivity contribution in [3.8, 4) is 0 Å². The normalized spacial score (nSPS) is 17.6. The van der Waals surface area contributed by atoms with E-state index in [1.54, 1.807) is 14.7 Å². The number of aliphatic carboxylic acids is 3. The molecule has 4 N–H and O–H groups in total. The summed E-state index contributed by atoms with van der Waals surface area (Å²) >= 11 is 0. The molecular weight excluding hydrogens is 470 g/mol. The zero-order valence-corrected chi connectivity index (χ0v) is 20.8. The Hall–Kier alpha value is -3.06. The number of rotatable bonds is 10. The van der Waals surface area contributed by atoms with Crippen molar-refractivity contribution >= 4 is 23.8 Å². The number of carbonyl (C=O) groups excluding carboxylic acids is 1. The van der Waals surface area contributed by atoms with Crippen molar-refractivity contribution < 1.29 is 34.5 Å². The van der Waals surface area contributed by atoms with Crippen LogP contribution in [0.15, 0.2) is 24.3 Å². The van der Waals surface area contributed by atoms with Gasteiger partial charge in [0.15, 0.2) is 0 Å². The predicted octanol–water partition coefficient (Wildman–Crippen LogP) is -0.913. The number of nitrogens with zero attached hydrogens (tertiary/aromatic N) is 4. The van der Waals surface area contributed by atoms with Crippen LogP contribution in [0.25, 0.3) is 0 Å². The Morgan fingerprint density at radius 2 is 0.972 bits per heavy atom. The van der Waals surface area contributed by atoms with E-state index in [-0.39, 0.29) is 32.1 Å². The molecular formula is C24H37N5O7. The van der Waals surface area contributed by atoms with E-state index >= 15 is 0 Å². The largest absolute Gasteiger partial charge is 0.480 e. The highest BCUT2D eigenvalue weighted by molar-refractivity contribution is 5.78. The Balaban J connectivity index is 2.06. The SMILES string of the molecule is Cc1ccc(CNC(=O)CN2CCN(CC(=O)O)CCN(CC(=O)O)CCN(CC(=O)O)CC2)cc1. The maximum Gasteiger partial charge on any atom is 0.317 e. The van der Waals surface area contributed by atoms with Crippen LogP contribution in [0.5, 0.6) is 0 Å². The van der Waals surface area contributed by atoms with E-state index in [0.717, 1.165) is 11.1 Å². The number of carboxylic acids is 3. The zero-order chi connectivity index (χ0) is 26.5. The minimum Gasteiger partial charge on any atom is -0.480 e. The molecule has 1 aromatic carbocycles. The van der Waals surface area contributed by atoms with Crippen molar-refractivity contribution in [1.82, 2.24) is 24.9 Å². The summed E-state index contributed by atoms with van der Waals surface area (Å²) in [6.45, 7) is 4.78. The van der Waals surface area contributed by atoms with Gasteiger partial charge in [-0.1, -0.05) is 29.8 Å². The molecule has 0 radical (unpaired) electrons. The van der Waals surface area contributed by atoms with E-state index in [1.807, 2.05) is 36.1 Å². The number of aryl methyl sites for hydroxylation is 1. The lowest BCUT2D eigenvalue weighted by molar-refractivity contribution is -0.140. The molecule has 1 fully saturated rings. The first kappa shape index (κ1) is 29.2. The van der Waals surface area contributed by atoms with Crippen LogP contribution in [0, 0.1) is 6.92 Å². The van der Waals surface area contributed by atoms with Crippen LogP contribution in [0.1, 0.15) is 11.1 Å². The molecule has 1 aliphatic heterocycles. The molecule has 12 nitrogen and oxygen atoms in total. The highest BCUT2D eigenvalue weighted by Gasteiger charge is 2.21. The summed E-state index contributed by atoms with van der Waals surface area (Å²) < 4.78 is 0. The molecule has 1 aliphatic rings. The lowest BCUT2D eigenvalue weighted by Crippen LogP contribution is -2.49. The van der Waals surface area contributed by atoms with E-state index in [4.69, 9.17) is 0 Å². The number of amides is 1. The summed E-state index contributed by atoms with van der Waals surface area (Å²) in [7, 11) is 0. The van der Waals surface area contributed by atoms with Crippen LogP contribution in [-0.2, 0) is 25.7 Å². The van der Waals surface area contributed by atoms with Crippen molar-refractivity contribution in [2.45, 2.75) is 13.5 Å². The number of nitrogens with one attached hydrogen (secondary N) is 1. The van der Waals surface area contributed by atoms with E-state index in [9.17, 15) is 34.5 Å². The third kappa shape index (κ3) is 12.1. The Labute approximate surface area is 211 Å². The molecule has 1 aromatic rings. The monoisotopic (exact) mass is 507 g/mol. The zero-order valence-electron chi connectivity index (χ0n) is 20.8. The van der Waals surface area contributed by atoms with Gasteiger partial charge in [-0.3, -0.25) is 38.8 Å².